The zero-order valence-electron chi connectivity index (χ0n) is 27.8. The van der Waals surface area contributed by atoms with Gasteiger partial charge in [-0.05, 0) is 82.1 Å². The smallest absolute Gasteiger partial charge is 0.145 e. The molecular formula is C45H38N2O. The second-order valence-electron chi connectivity index (χ2n) is 13.2. The van der Waals surface area contributed by atoms with Crippen LogP contribution >= 0.6 is 0 Å². The molecule has 0 saturated heterocycles. The van der Waals surface area contributed by atoms with Gasteiger partial charge in [0.1, 0.15) is 17.2 Å². The molecule has 2 aromatic heterocycles. The molecule has 0 N–H and O–H groups in total. The van der Waals surface area contributed by atoms with Crippen LogP contribution in [0.25, 0.3) is 72.7 Å². The molecule has 0 aliphatic rings. The SMILES string of the molecule is CC(C)c1cc(-c2ccccc2)cc(C(C)C)c1-n1c(-c2cc(-c3ccccc3)c3oc(-c4ccccc4)cc3c2)nc2ccccc21. The summed E-state index contributed by atoms with van der Waals surface area (Å²) in [6.45, 7) is 9.19. The van der Waals surface area contributed by atoms with Crippen molar-refractivity contribution in [2.24, 2.45) is 0 Å². The van der Waals surface area contributed by atoms with Gasteiger partial charge < -0.3 is 4.42 Å². The number of nitrogens with zero attached hydrogens (tertiary/aromatic N) is 2. The molecule has 6 aromatic carbocycles. The molecule has 0 bridgehead atoms. The lowest BCUT2D eigenvalue weighted by molar-refractivity contribution is 0.632. The summed E-state index contributed by atoms with van der Waals surface area (Å²) in [6, 6.07) is 51.6. The third-order valence-corrected chi connectivity index (χ3v) is 9.32. The van der Waals surface area contributed by atoms with Crippen molar-refractivity contribution in [3.63, 3.8) is 0 Å². The zero-order valence-corrected chi connectivity index (χ0v) is 27.8. The summed E-state index contributed by atoms with van der Waals surface area (Å²) in [5, 5.41) is 1.05. The van der Waals surface area contributed by atoms with Crippen LogP contribution in [0, 0.1) is 0 Å². The van der Waals surface area contributed by atoms with Gasteiger partial charge in [0.15, 0.2) is 0 Å². The number of rotatable bonds is 7. The predicted molar refractivity (Wildman–Crippen MR) is 201 cm³/mol. The van der Waals surface area contributed by atoms with Crippen LogP contribution in [0.4, 0.5) is 0 Å². The van der Waals surface area contributed by atoms with E-state index in [-0.39, 0.29) is 0 Å². The second kappa shape index (κ2) is 12.2. The Hall–Kier alpha value is -5.67. The van der Waals surface area contributed by atoms with Gasteiger partial charge in [0.2, 0.25) is 0 Å². The number of hydrogen-bond acceptors (Lipinski definition) is 2. The summed E-state index contributed by atoms with van der Waals surface area (Å²) in [4.78, 5) is 5.38. The van der Waals surface area contributed by atoms with Gasteiger partial charge in [-0.3, -0.25) is 4.57 Å². The summed E-state index contributed by atoms with van der Waals surface area (Å²) in [6.07, 6.45) is 0. The summed E-state index contributed by atoms with van der Waals surface area (Å²) in [7, 11) is 0. The van der Waals surface area contributed by atoms with Crippen LogP contribution in [0.5, 0.6) is 0 Å². The molecule has 2 heterocycles. The van der Waals surface area contributed by atoms with Gasteiger partial charge in [-0.25, -0.2) is 4.98 Å². The van der Waals surface area contributed by atoms with Gasteiger partial charge in [0, 0.05) is 22.1 Å². The molecule has 234 valence electrons. The number of hydrogen-bond donors (Lipinski definition) is 0. The highest BCUT2D eigenvalue weighted by atomic mass is 16.3. The molecule has 0 amide bonds. The van der Waals surface area contributed by atoms with Crippen molar-refractivity contribution in [2.75, 3.05) is 0 Å². The Labute approximate surface area is 282 Å². The lowest BCUT2D eigenvalue weighted by atomic mass is 9.88. The maximum atomic E-state index is 6.63. The maximum Gasteiger partial charge on any atom is 0.145 e. The Morgan fingerprint density at radius 2 is 1.08 bits per heavy atom. The molecule has 48 heavy (non-hydrogen) atoms. The Morgan fingerprint density at radius 3 is 1.71 bits per heavy atom. The van der Waals surface area contributed by atoms with Crippen LogP contribution in [0.3, 0.4) is 0 Å². The van der Waals surface area contributed by atoms with E-state index in [4.69, 9.17) is 9.40 Å². The van der Waals surface area contributed by atoms with Crippen LogP contribution in [-0.4, -0.2) is 9.55 Å². The standard InChI is InChI=1S/C45H38N2O/c1-29(2)37-25-34(31-16-8-5-9-17-31)26-38(30(3)4)43(37)47-41-23-15-14-22-40(41)46-45(47)36-24-35-28-42(33-20-12-7-13-21-33)48-44(35)39(27-36)32-18-10-6-11-19-32/h5-30H,1-4H3. The molecule has 8 rings (SSSR count). The molecule has 3 heteroatoms. The fraction of sp³-hybridized carbons (Fsp3) is 0.133. The number of aromatic nitrogens is 2. The highest BCUT2D eigenvalue weighted by molar-refractivity contribution is 5.99. The molecule has 0 atom stereocenters. The zero-order chi connectivity index (χ0) is 32.8. The van der Waals surface area contributed by atoms with Gasteiger partial charge in [-0.1, -0.05) is 131 Å². The highest BCUT2D eigenvalue weighted by Crippen LogP contribution is 2.43. The number of imidazole rings is 1. The Kier molecular flexibility index (Phi) is 7.53. The van der Waals surface area contributed by atoms with Crippen LogP contribution < -0.4 is 0 Å². The van der Waals surface area contributed by atoms with E-state index in [0.717, 1.165) is 55.8 Å². The number of fused-ring (bicyclic) bond motifs is 2. The summed E-state index contributed by atoms with van der Waals surface area (Å²) >= 11 is 0. The Morgan fingerprint density at radius 1 is 0.521 bits per heavy atom. The maximum absolute atomic E-state index is 6.63. The fourth-order valence-electron chi connectivity index (χ4n) is 6.92. The van der Waals surface area contributed by atoms with Crippen molar-refractivity contribution >= 4 is 22.0 Å². The summed E-state index contributed by atoms with van der Waals surface area (Å²) < 4.78 is 9.05. The predicted octanol–water partition coefficient (Wildman–Crippen LogP) is 12.7. The van der Waals surface area contributed by atoms with Crippen molar-refractivity contribution < 1.29 is 4.42 Å². The monoisotopic (exact) mass is 622 g/mol. The quantitative estimate of drug-likeness (QED) is 0.177. The lowest BCUT2D eigenvalue weighted by Crippen LogP contribution is -2.09. The fourth-order valence-corrected chi connectivity index (χ4v) is 6.92. The topological polar surface area (TPSA) is 31.0 Å². The lowest BCUT2D eigenvalue weighted by Gasteiger charge is -2.24. The van der Waals surface area contributed by atoms with Crippen molar-refractivity contribution in [1.82, 2.24) is 9.55 Å². The minimum atomic E-state index is 0.292. The first-order valence-electron chi connectivity index (χ1n) is 16.9. The van der Waals surface area contributed by atoms with Gasteiger partial charge in [0.05, 0.1) is 16.7 Å². The average Bonchev–Trinajstić information content (AvgIpc) is 3.74. The first-order valence-corrected chi connectivity index (χ1v) is 16.9. The molecule has 0 spiro atoms. The van der Waals surface area contributed by atoms with Crippen LogP contribution in [0.1, 0.15) is 50.7 Å². The van der Waals surface area contributed by atoms with Gasteiger partial charge in [0.25, 0.3) is 0 Å². The second-order valence-corrected chi connectivity index (χ2v) is 13.2. The van der Waals surface area contributed by atoms with Crippen molar-refractivity contribution in [3.8, 4) is 50.7 Å². The van der Waals surface area contributed by atoms with E-state index in [9.17, 15) is 0 Å². The number of para-hydroxylation sites is 2. The molecule has 0 aliphatic heterocycles. The molecule has 0 aliphatic carbocycles. The van der Waals surface area contributed by atoms with E-state index in [1.54, 1.807) is 0 Å². The molecule has 0 saturated carbocycles. The van der Waals surface area contributed by atoms with E-state index in [1.165, 1.54) is 27.9 Å². The van der Waals surface area contributed by atoms with Crippen LogP contribution in [0.15, 0.2) is 150 Å². The minimum Gasteiger partial charge on any atom is -0.455 e. The van der Waals surface area contributed by atoms with E-state index in [0.29, 0.717) is 11.8 Å². The minimum absolute atomic E-state index is 0.292. The van der Waals surface area contributed by atoms with Crippen molar-refractivity contribution in [2.45, 2.75) is 39.5 Å². The third-order valence-electron chi connectivity index (χ3n) is 9.32. The van der Waals surface area contributed by atoms with Gasteiger partial charge in [-0.15, -0.1) is 0 Å². The molecule has 0 radical (unpaired) electrons. The van der Waals surface area contributed by atoms with Gasteiger partial charge in [-0.2, -0.15) is 0 Å². The first kappa shape index (κ1) is 29.7. The summed E-state index contributed by atoms with van der Waals surface area (Å²) in [5.41, 5.74) is 13.5. The Balaban J connectivity index is 1.44. The molecule has 0 fully saturated rings. The van der Waals surface area contributed by atoms with Gasteiger partial charge >= 0.3 is 0 Å². The molecular weight excluding hydrogens is 585 g/mol. The van der Waals surface area contributed by atoms with E-state index in [1.807, 2.05) is 6.07 Å². The molecule has 3 nitrogen and oxygen atoms in total. The normalized spacial score (nSPS) is 11.7. The van der Waals surface area contributed by atoms with Crippen LogP contribution in [0.2, 0.25) is 0 Å². The molecule has 0 unspecified atom stereocenters. The molecule has 8 aromatic rings. The highest BCUT2D eigenvalue weighted by Gasteiger charge is 2.25. The Bertz CT molecular complexity index is 2350. The largest absolute Gasteiger partial charge is 0.455 e. The number of benzene rings is 6. The van der Waals surface area contributed by atoms with Crippen LogP contribution in [-0.2, 0) is 0 Å². The van der Waals surface area contributed by atoms with Crippen molar-refractivity contribution in [3.05, 3.63) is 157 Å². The van der Waals surface area contributed by atoms with E-state index >= 15 is 0 Å². The van der Waals surface area contributed by atoms with E-state index in [2.05, 4.69) is 172 Å². The van der Waals surface area contributed by atoms with Crippen molar-refractivity contribution in [1.29, 1.82) is 0 Å². The average molecular weight is 623 g/mol. The third kappa shape index (κ3) is 5.22. The van der Waals surface area contributed by atoms with E-state index < -0.39 is 0 Å². The summed E-state index contributed by atoms with van der Waals surface area (Å²) in [5.74, 6) is 2.36. The number of furan rings is 1. The first-order chi connectivity index (χ1) is 23.5.